The van der Waals surface area contributed by atoms with Gasteiger partial charge in [0, 0.05) is 25.0 Å². The van der Waals surface area contributed by atoms with E-state index in [1.807, 2.05) is 12.1 Å². The van der Waals surface area contributed by atoms with Gasteiger partial charge in [0.05, 0.1) is 5.56 Å². The van der Waals surface area contributed by atoms with E-state index >= 15 is 0 Å². The Morgan fingerprint density at radius 2 is 1.88 bits per heavy atom. The van der Waals surface area contributed by atoms with Crippen molar-refractivity contribution < 1.29 is 9.90 Å². The van der Waals surface area contributed by atoms with Crippen molar-refractivity contribution in [3.8, 4) is 0 Å². The number of hydrogen-bond donors (Lipinski definition) is 2. The second kappa shape index (κ2) is 7.60. The molecule has 0 amide bonds. The van der Waals surface area contributed by atoms with E-state index in [-0.39, 0.29) is 0 Å². The lowest BCUT2D eigenvalue weighted by Gasteiger charge is -2.16. The Bertz CT molecular complexity index is 744. The summed E-state index contributed by atoms with van der Waals surface area (Å²) in [6.45, 7) is 4.26. The number of carboxylic acids is 1. The van der Waals surface area contributed by atoms with Gasteiger partial charge in [-0.05, 0) is 55.1 Å². The van der Waals surface area contributed by atoms with Crippen LogP contribution in [0.4, 0.5) is 0 Å². The number of carbonyl (C=O) groups is 1. The maximum atomic E-state index is 10.9. The summed E-state index contributed by atoms with van der Waals surface area (Å²) in [6.07, 6.45) is 2.50. The molecule has 2 aromatic rings. The summed E-state index contributed by atoms with van der Waals surface area (Å²) in [4.78, 5) is 13.4. The minimum absolute atomic E-state index is 0.356. The lowest BCUT2D eigenvalue weighted by Crippen LogP contribution is -2.28. The Labute approximate surface area is 154 Å². The molecule has 1 aliphatic carbocycles. The molecule has 2 aromatic carbocycles. The molecule has 3 atom stereocenters. The van der Waals surface area contributed by atoms with E-state index in [9.17, 15) is 4.79 Å². The van der Waals surface area contributed by atoms with E-state index in [1.54, 1.807) is 12.1 Å². The van der Waals surface area contributed by atoms with Crippen molar-refractivity contribution >= 4 is 5.97 Å². The molecule has 0 spiro atoms. The average Bonchev–Trinajstić information content (AvgIpc) is 3.32. The minimum Gasteiger partial charge on any atom is -0.478 e. The zero-order valence-corrected chi connectivity index (χ0v) is 15.0. The summed E-state index contributed by atoms with van der Waals surface area (Å²) in [5, 5.41) is 12.7. The summed E-state index contributed by atoms with van der Waals surface area (Å²) in [6, 6.07) is 18.7. The van der Waals surface area contributed by atoms with E-state index in [1.165, 1.54) is 24.0 Å². The van der Waals surface area contributed by atoms with Crippen LogP contribution in [0.15, 0.2) is 54.6 Å². The van der Waals surface area contributed by atoms with Crippen LogP contribution in [0.1, 0.15) is 40.2 Å². The molecular weight excluding hydrogens is 324 g/mol. The van der Waals surface area contributed by atoms with Gasteiger partial charge >= 0.3 is 5.97 Å². The summed E-state index contributed by atoms with van der Waals surface area (Å²) in [7, 11) is 0. The smallest absolute Gasteiger partial charge is 0.335 e. The third-order valence-corrected chi connectivity index (χ3v) is 5.66. The second-order valence-electron chi connectivity index (χ2n) is 7.66. The van der Waals surface area contributed by atoms with Crippen LogP contribution in [0.5, 0.6) is 0 Å². The van der Waals surface area contributed by atoms with Crippen LogP contribution >= 0.6 is 0 Å². The predicted octanol–water partition coefficient (Wildman–Crippen LogP) is 3.35. The highest BCUT2D eigenvalue weighted by molar-refractivity contribution is 5.87. The highest BCUT2D eigenvalue weighted by Crippen LogP contribution is 2.40. The normalized spacial score (nSPS) is 25.3. The summed E-state index contributed by atoms with van der Waals surface area (Å²) in [5.41, 5.74) is 3.01. The zero-order valence-electron chi connectivity index (χ0n) is 15.0. The fourth-order valence-electron chi connectivity index (χ4n) is 4.04. The molecule has 2 unspecified atom stereocenters. The molecular formula is C22H26N2O2. The first-order valence-corrected chi connectivity index (χ1v) is 9.52. The number of hydrogen-bond acceptors (Lipinski definition) is 3. The van der Waals surface area contributed by atoms with Gasteiger partial charge in [-0.15, -0.1) is 0 Å². The first-order valence-electron chi connectivity index (χ1n) is 9.52. The van der Waals surface area contributed by atoms with Crippen molar-refractivity contribution in [3.63, 3.8) is 0 Å². The third kappa shape index (κ3) is 4.14. The monoisotopic (exact) mass is 350 g/mol. The summed E-state index contributed by atoms with van der Waals surface area (Å²) < 4.78 is 0. The number of likely N-dealkylation sites (tertiary alicyclic amines) is 1. The highest BCUT2D eigenvalue weighted by Gasteiger charge is 2.38. The summed E-state index contributed by atoms with van der Waals surface area (Å²) >= 11 is 0. The maximum Gasteiger partial charge on any atom is 0.335 e. The molecule has 1 aliphatic heterocycles. The lowest BCUT2D eigenvalue weighted by molar-refractivity contribution is 0.0697. The molecule has 1 saturated carbocycles. The molecule has 2 fully saturated rings. The van der Waals surface area contributed by atoms with Crippen LogP contribution in [0.25, 0.3) is 0 Å². The molecule has 4 nitrogen and oxygen atoms in total. The number of aromatic carboxylic acids is 1. The van der Waals surface area contributed by atoms with Gasteiger partial charge in [-0.1, -0.05) is 42.5 Å². The van der Waals surface area contributed by atoms with Crippen LogP contribution in [0.2, 0.25) is 0 Å². The van der Waals surface area contributed by atoms with Crippen LogP contribution in [0.3, 0.4) is 0 Å². The fourth-order valence-corrected chi connectivity index (χ4v) is 4.04. The molecule has 1 heterocycles. The Kier molecular flexibility index (Phi) is 5.05. The van der Waals surface area contributed by atoms with Crippen molar-refractivity contribution in [2.24, 2.45) is 5.92 Å². The number of carboxylic acid groups (broad SMARTS) is 1. The first kappa shape index (κ1) is 17.3. The van der Waals surface area contributed by atoms with Gasteiger partial charge < -0.3 is 10.4 Å². The molecule has 0 radical (unpaired) electrons. The highest BCUT2D eigenvalue weighted by atomic mass is 16.4. The Hall–Kier alpha value is -2.17. The number of rotatable bonds is 7. The van der Waals surface area contributed by atoms with Crippen LogP contribution < -0.4 is 5.32 Å². The van der Waals surface area contributed by atoms with Gasteiger partial charge in [0.2, 0.25) is 0 Å². The Balaban J connectivity index is 1.20. The Morgan fingerprint density at radius 1 is 1.12 bits per heavy atom. The van der Waals surface area contributed by atoms with E-state index in [4.69, 9.17) is 5.11 Å². The molecule has 2 N–H and O–H groups in total. The zero-order chi connectivity index (χ0) is 17.9. The molecule has 0 aromatic heterocycles. The van der Waals surface area contributed by atoms with Gasteiger partial charge in [-0.25, -0.2) is 4.79 Å². The van der Waals surface area contributed by atoms with Gasteiger partial charge in [0.25, 0.3) is 0 Å². The number of nitrogens with one attached hydrogen (secondary N) is 1. The van der Waals surface area contributed by atoms with E-state index in [2.05, 4.69) is 40.5 Å². The minimum atomic E-state index is -0.863. The predicted molar refractivity (Wildman–Crippen MR) is 102 cm³/mol. The topological polar surface area (TPSA) is 52.6 Å². The second-order valence-corrected chi connectivity index (χ2v) is 7.66. The van der Waals surface area contributed by atoms with Gasteiger partial charge in [0.1, 0.15) is 0 Å². The number of benzene rings is 2. The van der Waals surface area contributed by atoms with Gasteiger partial charge in [0.15, 0.2) is 0 Å². The summed E-state index contributed by atoms with van der Waals surface area (Å²) in [5.74, 6) is 0.546. The Morgan fingerprint density at radius 3 is 2.62 bits per heavy atom. The van der Waals surface area contributed by atoms with E-state index < -0.39 is 5.97 Å². The van der Waals surface area contributed by atoms with Crippen molar-refractivity contribution in [2.75, 3.05) is 19.6 Å². The molecule has 4 heteroatoms. The average molecular weight is 350 g/mol. The van der Waals surface area contributed by atoms with Crippen molar-refractivity contribution in [3.05, 3.63) is 71.3 Å². The maximum absolute atomic E-state index is 10.9. The van der Waals surface area contributed by atoms with Gasteiger partial charge in [-0.2, -0.15) is 0 Å². The molecule has 26 heavy (non-hydrogen) atoms. The number of nitrogens with zero attached hydrogens (tertiary/aromatic N) is 1. The van der Waals surface area contributed by atoms with E-state index in [0.29, 0.717) is 23.4 Å². The molecule has 136 valence electrons. The third-order valence-electron chi connectivity index (χ3n) is 5.66. The van der Waals surface area contributed by atoms with Crippen LogP contribution in [-0.2, 0) is 6.54 Å². The van der Waals surface area contributed by atoms with Crippen molar-refractivity contribution in [2.45, 2.75) is 31.3 Å². The van der Waals surface area contributed by atoms with Crippen molar-refractivity contribution in [1.29, 1.82) is 0 Å². The quantitative estimate of drug-likeness (QED) is 0.804. The molecule has 0 bridgehead atoms. The van der Waals surface area contributed by atoms with Crippen LogP contribution in [-0.4, -0.2) is 41.7 Å². The lowest BCUT2D eigenvalue weighted by atomic mass is 10.1. The SMILES string of the molecule is O=C(O)c1ccc(CN2CCC(CNC3C[C@H]3c3ccccc3)C2)cc1. The largest absolute Gasteiger partial charge is 0.478 e. The standard InChI is InChI=1S/C22H26N2O2/c25-22(26)19-8-6-16(7-9-19)14-24-11-10-17(15-24)13-23-21-12-20(21)18-4-2-1-3-5-18/h1-9,17,20-21,23H,10-15H2,(H,25,26)/t17?,20-,21?/m0/s1. The van der Waals surface area contributed by atoms with E-state index in [0.717, 1.165) is 26.2 Å². The fraction of sp³-hybridized carbons (Fsp3) is 0.409. The molecule has 1 saturated heterocycles. The van der Waals surface area contributed by atoms with Gasteiger partial charge in [-0.3, -0.25) is 4.90 Å². The van der Waals surface area contributed by atoms with Crippen LogP contribution in [0, 0.1) is 5.92 Å². The first-order chi connectivity index (χ1) is 12.7. The molecule has 2 aliphatic rings. The molecule has 4 rings (SSSR count). The van der Waals surface area contributed by atoms with Crippen molar-refractivity contribution in [1.82, 2.24) is 10.2 Å².